The highest BCUT2D eigenvalue weighted by atomic mass is 16.5. The maximum atomic E-state index is 11.8. The lowest BCUT2D eigenvalue weighted by molar-refractivity contribution is -0.144. The monoisotopic (exact) mass is 311 g/mol. The van der Waals surface area contributed by atoms with Gasteiger partial charge in [0, 0.05) is 38.6 Å². The minimum atomic E-state index is -0.0587. The summed E-state index contributed by atoms with van der Waals surface area (Å²) in [5.41, 5.74) is 5.72. The Morgan fingerprint density at radius 3 is 2.73 bits per heavy atom. The smallest absolute Gasteiger partial charge is 0.306 e. The number of carbonyl (C=O) groups excluding carboxylic acids is 1. The first-order valence-corrected chi connectivity index (χ1v) is 9.02. The van der Waals surface area contributed by atoms with Crippen LogP contribution in [-0.4, -0.2) is 56.2 Å². The van der Waals surface area contributed by atoms with Crippen molar-refractivity contribution in [1.82, 2.24) is 10.2 Å². The van der Waals surface area contributed by atoms with E-state index in [0.717, 1.165) is 38.5 Å². The van der Waals surface area contributed by atoms with E-state index in [2.05, 4.69) is 10.2 Å². The Morgan fingerprint density at radius 2 is 2.05 bits per heavy atom. The average Bonchev–Trinajstić information content (AvgIpc) is 2.99. The van der Waals surface area contributed by atoms with Gasteiger partial charge in [-0.25, -0.2) is 0 Å². The molecule has 128 valence electrons. The molecule has 2 unspecified atom stereocenters. The minimum absolute atomic E-state index is 0.0587. The maximum Gasteiger partial charge on any atom is 0.306 e. The van der Waals surface area contributed by atoms with Crippen LogP contribution < -0.4 is 11.1 Å². The molecule has 0 amide bonds. The van der Waals surface area contributed by atoms with Gasteiger partial charge in [-0.2, -0.15) is 0 Å². The predicted octanol–water partition coefficient (Wildman–Crippen LogP) is 1.37. The fraction of sp³-hybridized carbons (Fsp3) is 0.941. The number of nitrogens with zero attached hydrogens (tertiary/aromatic N) is 1. The minimum Gasteiger partial charge on any atom is -0.466 e. The van der Waals surface area contributed by atoms with Crippen LogP contribution in [0.3, 0.4) is 0 Å². The molecular weight excluding hydrogens is 278 g/mol. The van der Waals surface area contributed by atoms with E-state index in [9.17, 15) is 4.79 Å². The van der Waals surface area contributed by atoms with Gasteiger partial charge >= 0.3 is 5.97 Å². The Labute approximate surface area is 134 Å². The van der Waals surface area contributed by atoms with Crippen molar-refractivity contribution in [3.8, 4) is 0 Å². The zero-order valence-corrected chi connectivity index (χ0v) is 14.1. The third kappa shape index (κ3) is 5.86. The van der Waals surface area contributed by atoms with Gasteiger partial charge in [0.25, 0.3) is 0 Å². The Balaban J connectivity index is 1.80. The van der Waals surface area contributed by atoms with Gasteiger partial charge in [0.1, 0.15) is 0 Å². The Kier molecular flexibility index (Phi) is 7.63. The van der Waals surface area contributed by atoms with Crippen LogP contribution in [0.2, 0.25) is 0 Å². The number of likely N-dealkylation sites (tertiary alicyclic amines) is 1. The summed E-state index contributed by atoms with van der Waals surface area (Å²) < 4.78 is 5.11. The highest BCUT2D eigenvalue weighted by Crippen LogP contribution is 2.25. The van der Waals surface area contributed by atoms with Gasteiger partial charge in [-0.1, -0.05) is 12.8 Å². The van der Waals surface area contributed by atoms with E-state index in [1.165, 1.54) is 25.7 Å². The number of hydrogen-bond acceptors (Lipinski definition) is 5. The summed E-state index contributed by atoms with van der Waals surface area (Å²) in [5.74, 6) is 1.19. The van der Waals surface area contributed by atoms with Gasteiger partial charge in [0.05, 0.1) is 6.61 Å². The summed E-state index contributed by atoms with van der Waals surface area (Å²) in [4.78, 5) is 14.2. The predicted molar refractivity (Wildman–Crippen MR) is 88.6 cm³/mol. The number of carbonyl (C=O) groups is 1. The molecule has 0 spiro atoms. The van der Waals surface area contributed by atoms with Crippen LogP contribution in [-0.2, 0) is 9.53 Å². The summed E-state index contributed by atoms with van der Waals surface area (Å²) in [6.45, 7) is 7.10. The number of esters is 1. The molecule has 1 saturated heterocycles. The zero-order valence-electron chi connectivity index (χ0n) is 14.1. The van der Waals surface area contributed by atoms with Crippen molar-refractivity contribution in [2.24, 2.45) is 17.6 Å². The molecule has 0 aromatic carbocycles. The molecule has 0 aromatic rings. The van der Waals surface area contributed by atoms with E-state index < -0.39 is 0 Å². The Morgan fingerprint density at radius 1 is 1.27 bits per heavy atom. The number of nitrogens with two attached hydrogens (primary N) is 1. The summed E-state index contributed by atoms with van der Waals surface area (Å²) in [6.07, 6.45) is 7.14. The second-order valence-electron chi connectivity index (χ2n) is 6.91. The fourth-order valence-electron chi connectivity index (χ4n) is 3.97. The zero-order chi connectivity index (χ0) is 15.8. The Hall–Kier alpha value is -0.650. The molecule has 0 bridgehead atoms. The van der Waals surface area contributed by atoms with Crippen molar-refractivity contribution in [3.05, 3.63) is 0 Å². The standard InChI is InChI=1S/C17H33N3O2/c1-2-22-17(21)10-15-9-16(13-20(12-15)8-7-18)19-11-14-5-3-4-6-14/h14-16,19H,2-13,18H2,1H3. The number of piperidine rings is 1. The highest BCUT2D eigenvalue weighted by Gasteiger charge is 2.29. The lowest BCUT2D eigenvalue weighted by Gasteiger charge is -2.38. The molecule has 3 N–H and O–H groups in total. The lowest BCUT2D eigenvalue weighted by Crippen LogP contribution is -2.51. The van der Waals surface area contributed by atoms with Crippen molar-refractivity contribution in [1.29, 1.82) is 0 Å². The van der Waals surface area contributed by atoms with Crippen molar-refractivity contribution < 1.29 is 9.53 Å². The maximum absolute atomic E-state index is 11.8. The second kappa shape index (κ2) is 9.48. The van der Waals surface area contributed by atoms with Crippen LogP contribution in [0.25, 0.3) is 0 Å². The molecule has 2 rings (SSSR count). The molecule has 2 atom stereocenters. The first kappa shape index (κ1) is 17.7. The van der Waals surface area contributed by atoms with E-state index in [1.807, 2.05) is 6.92 Å². The van der Waals surface area contributed by atoms with Gasteiger partial charge in [-0.05, 0) is 44.6 Å². The summed E-state index contributed by atoms with van der Waals surface area (Å²) in [6, 6.07) is 0.486. The average molecular weight is 311 g/mol. The van der Waals surface area contributed by atoms with Crippen LogP contribution in [0.5, 0.6) is 0 Å². The number of nitrogens with one attached hydrogen (secondary N) is 1. The third-order valence-corrected chi connectivity index (χ3v) is 4.99. The molecule has 2 aliphatic rings. The third-order valence-electron chi connectivity index (χ3n) is 4.99. The molecule has 1 aliphatic carbocycles. The number of rotatable bonds is 8. The SMILES string of the molecule is CCOC(=O)CC1CC(NCC2CCCC2)CN(CCN)C1. The Bertz CT molecular complexity index is 332. The first-order valence-electron chi connectivity index (χ1n) is 9.02. The first-order chi connectivity index (χ1) is 10.7. The van der Waals surface area contributed by atoms with Crippen LogP contribution in [0.4, 0.5) is 0 Å². The summed E-state index contributed by atoms with van der Waals surface area (Å²) in [5, 5.41) is 3.75. The second-order valence-corrected chi connectivity index (χ2v) is 6.91. The summed E-state index contributed by atoms with van der Waals surface area (Å²) >= 11 is 0. The fourth-order valence-corrected chi connectivity index (χ4v) is 3.97. The molecule has 5 heteroatoms. The van der Waals surface area contributed by atoms with E-state index in [-0.39, 0.29) is 5.97 Å². The lowest BCUT2D eigenvalue weighted by atomic mass is 9.91. The van der Waals surface area contributed by atoms with Gasteiger partial charge < -0.3 is 20.7 Å². The molecule has 5 nitrogen and oxygen atoms in total. The molecular formula is C17H33N3O2. The van der Waals surface area contributed by atoms with E-state index >= 15 is 0 Å². The van der Waals surface area contributed by atoms with Crippen LogP contribution in [0.1, 0.15) is 45.4 Å². The molecule has 2 fully saturated rings. The normalized spacial score (nSPS) is 27.2. The van der Waals surface area contributed by atoms with Gasteiger partial charge in [0.2, 0.25) is 0 Å². The van der Waals surface area contributed by atoms with Crippen LogP contribution in [0.15, 0.2) is 0 Å². The molecule has 22 heavy (non-hydrogen) atoms. The number of hydrogen-bond donors (Lipinski definition) is 2. The van der Waals surface area contributed by atoms with Gasteiger partial charge in [-0.3, -0.25) is 4.79 Å². The molecule has 1 saturated carbocycles. The topological polar surface area (TPSA) is 67.6 Å². The van der Waals surface area contributed by atoms with Gasteiger partial charge in [0.15, 0.2) is 0 Å². The van der Waals surface area contributed by atoms with Crippen molar-refractivity contribution in [3.63, 3.8) is 0 Å². The van der Waals surface area contributed by atoms with Crippen LogP contribution >= 0.6 is 0 Å². The summed E-state index contributed by atoms with van der Waals surface area (Å²) in [7, 11) is 0. The van der Waals surface area contributed by atoms with E-state index in [0.29, 0.717) is 31.5 Å². The largest absolute Gasteiger partial charge is 0.466 e. The molecule has 1 aliphatic heterocycles. The number of ether oxygens (including phenoxy) is 1. The van der Waals surface area contributed by atoms with E-state index in [4.69, 9.17) is 10.5 Å². The molecule has 1 heterocycles. The van der Waals surface area contributed by atoms with Crippen molar-refractivity contribution >= 4 is 5.97 Å². The van der Waals surface area contributed by atoms with Crippen molar-refractivity contribution in [2.45, 2.75) is 51.5 Å². The van der Waals surface area contributed by atoms with E-state index in [1.54, 1.807) is 0 Å². The van der Waals surface area contributed by atoms with Crippen LogP contribution in [0, 0.1) is 11.8 Å². The van der Waals surface area contributed by atoms with Crippen molar-refractivity contribution in [2.75, 3.05) is 39.3 Å². The molecule has 0 aromatic heterocycles. The highest BCUT2D eigenvalue weighted by molar-refractivity contribution is 5.69. The quantitative estimate of drug-likeness (QED) is 0.663. The molecule has 0 radical (unpaired) electrons. The van der Waals surface area contributed by atoms with Gasteiger partial charge in [-0.15, -0.1) is 0 Å².